The van der Waals surface area contributed by atoms with Crippen molar-refractivity contribution >= 4 is 5.91 Å². The lowest BCUT2D eigenvalue weighted by molar-refractivity contribution is -0.134. The van der Waals surface area contributed by atoms with Crippen molar-refractivity contribution in [3.8, 4) is 11.5 Å². The number of benzene rings is 2. The normalized spacial score (nSPS) is 16.6. The number of rotatable bonds is 9. The van der Waals surface area contributed by atoms with Crippen LogP contribution in [0, 0.1) is 5.41 Å². The van der Waals surface area contributed by atoms with E-state index in [0.717, 1.165) is 30.7 Å². The highest BCUT2D eigenvalue weighted by atomic mass is 16.5. The van der Waals surface area contributed by atoms with E-state index in [-0.39, 0.29) is 17.5 Å². The number of aromatic nitrogens is 4. The summed E-state index contributed by atoms with van der Waals surface area (Å²) in [4.78, 5) is 15.5. The summed E-state index contributed by atoms with van der Waals surface area (Å²) in [6, 6.07) is 16.0. The van der Waals surface area contributed by atoms with Crippen LogP contribution in [0.2, 0.25) is 0 Å². The highest BCUT2D eigenvalue weighted by molar-refractivity contribution is 5.83. The molecule has 2 aromatic carbocycles. The van der Waals surface area contributed by atoms with Crippen LogP contribution in [0.5, 0.6) is 11.5 Å². The molecule has 1 amide bonds. The fourth-order valence-electron chi connectivity index (χ4n) is 5.07. The topological polar surface area (TPSA) is 94.4 Å². The van der Waals surface area contributed by atoms with Crippen molar-refractivity contribution in [2.75, 3.05) is 27.3 Å². The van der Waals surface area contributed by atoms with E-state index in [4.69, 9.17) is 9.47 Å². The molecule has 0 saturated carbocycles. The summed E-state index contributed by atoms with van der Waals surface area (Å²) in [7, 11) is 3.29. The number of tetrazole rings is 1. The number of nitrogens with one attached hydrogen (secondary N) is 1. The fraction of sp³-hybridized carbons (Fsp3) is 0.517. The van der Waals surface area contributed by atoms with Gasteiger partial charge in [0.2, 0.25) is 5.91 Å². The number of ether oxygens (including phenoxy) is 2. The Balaban J connectivity index is 1.66. The number of amides is 1. The van der Waals surface area contributed by atoms with Crippen LogP contribution in [0.25, 0.3) is 0 Å². The molecule has 3 aromatic rings. The second kappa shape index (κ2) is 11.5. The molecule has 204 valence electrons. The summed E-state index contributed by atoms with van der Waals surface area (Å²) in [5, 5.41) is 16.1. The Morgan fingerprint density at radius 2 is 1.76 bits per heavy atom. The lowest BCUT2D eigenvalue weighted by Crippen LogP contribution is -2.52. The Morgan fingerprint density at radius 1 is 1.05 bits per heavy atom. The highest BCUT2D eigenvalue weighted by Crippen LogP contribution is 2.42. The monoisotopic (exact) mass is 520 g/mol. The molecule has 0 spiro atoms. The molecule has 0 bridgehead atoms. The lowest BCUT2D eigenvalue weighted by Gasteiger charge is -2.42. The number of carbonyl (C=O) groups is 1. The lowest BCUT2D eigenvalue weighted by atomic mass is 9.78. The molecular weight excluding hydrogens is 480 g/mol. The number of piperidine rings is 1. The highest BCUT2D eigenvalue weighted by Gasteiger charge is 2.42. The summed E-state index contributed by atoms with van der Waals surface area (Å²) in [5.74, 6) is 2.17. The van der Waals surface area contributed by atoms with Crippen molar-refractivity contribution < 1.29 is 14.3 Å². The number of hydrogen-bond donors (Lipinski definition) is 1. The van der Waals surface area contributed by atoms with Crippen molar-refractivity contribution in [2.24, 2.45) is 5.41 Å². The number of para-hydroxylation sites is 1. The van der Waals surface area contributed by atoms with E-state index in [2.05, 4.69) is 44.8 Å². The van der Waals surface area contributed by atoms with Gasteiger partial charge in [-0.05, 0) is 62.1 Å². The van der Waals surface area contributed by atoms with Crippen LogP contribution in [0.3, 0.4) is 0 Å². The van der Waals surface area contributed by atoms with Gasteiger partial charge in [-0.25, -0.2) is 4.68 Å². The summed E-state index contributed by atoms with van der Waals surface area (Å²) >= 11 is 0. The van der Waals surface area contributed by atoms with Crippen LogP contribution in [0.15, 0.2) is 48.5 Å². The molecule has 1 saturated heterocycles. The average Bonchev–Trinajstić information content (AvgIpc) is 3.36. The first-order valence-electron chi connectivity index (χ1n) is 13.2. The average molecular weight is 521 g/mol. The minimum absolute atomic E-state index is 0.104. The third kappa shape index (κ3) is 6.15. The van der Waals surface area contributed by atoms with E-state index in [1.165, 1.54) is 5.56 Å². The van der Waals surface area contributed by atoms with Gasteiger partial charge in [0.05, 0.1) is 14.2 Å². The number of likely N-dealkylation sites (tertiary alicyclic amines) is 1. The van der Waals surface area contributed by atoms with Crippen molar-refractivity contribution in [3.05, 3.63) is 65.5 Å². The van der Waals surface area contributed by atoms with Crippen molar-refractivity contribution in [3.63, 3.8) is 0 Å². The molecule has 4 rings (SSSR count). The van der Waals surface area contributed by atoms with E-state index >= 15 is 0 Å². The maximum absolute atomic E-state index is 13.2. The smallest absolute Gasteiger partial charge is 0.226 e. The maximum atomic E-state index is 13.2. The predicted octanol–water partition coefficient (Wildman–Crippen LogP) is 4.04. The third-order valence-corrected chi connectivity index (χ3v) is 7.29. The van der Waals surface area contributed by atoms with Gasteiger partial charge < -0.3 is 14.8 Å². The second-order valence-corrected chi connectivity index (χ2v) is 11.3. The van der Waals surface area contributed by atoms with Crippen LogP contribution in [-0.4, -0.2) is 63.9 Å². The molecule has 0 aliphatic carbocycles. The molecule has 1 aliphatic rings. The van der Waals surface area contributed by atoms with Crippen LogP contribution >= 0.6 is 0 Å². The summed E-state index contributed by atoms with van der Waals surface area (Å²) in [6.07, 6.45) is 2.26. The van der Waals surface area contributed by atoms with Crippen molar-refractivity contribution in [2.45, 2.75) is 65.1 Å². The van der Waals surface area contributed by atoms with Gasteiger partial charge >= 0.3 is 0 Å². The molecule has 1 fully saturated rings. The molecule has 9 heteroatoms. The second-order valence-electron chi connectivity index (χ2n) is 11.3. The van der Waals surface area contributed by atoms with Crippen LogP contribution < -0.4 is 14.8 Å². The number of aryl methyl sites for hydroxylation is 2. The molecule has 1 atom stereocenters. The summed E-state index contributed by atoms with van der Waals surface area (Å²) in [5.41, 5.74) is 1.45. The molecule has 0 radical (unpaired) electrons. The first kappa shape index (κ1) is 27.6. The van der Waals surface area contributed by atoms with Gasteiger partial charge in [0.25, 0.3) is 0 Å². The first-order valence-corrected chi connectivity index (χ1v) is 13.2. The molecule has 2 heterocycles. The van der Waals surface area contributed by atoms with Gasteiger partial charge in [0, 0.05) is 36.2 Å². The molecular formula is C29H40N6O3. The molecule has 1 aliphatic heterocycles. The number of methoxy groups -OCH3 is 2. The van der Waals surface area contributed by atoms with Crippen molar-refractivity contribution in [1.82, 2.24) is 30.4 Å². The fourth-order valence-corrected chi connectivity index (χ4v) is 5.07. The molecule has 38 heavy (non-hydrogen) atoms. The maximum Gasteiger partial charge on any atom is 0.226 e. The Labute approximate surface area is 225 Å². The molecule has 1 aromatic heterocycles. The zero-order valence-corrected chi connectivity index (χ0v) is 23.4. The van der Waals surface area contributed by atoms with Gasteiger partial charge in [0.1, 0.15) is 6.04 Å². The van der Waals surface area contributed by atoms with Gasteiger partial charge in [-0.2, -0.15) is 0 Å². The molecule has 1 N–H and O–H groups in total. The van der Waals surface area contributed by atoms with E-state index in [1.54, 1.807) is 14.2 Å². The molecule has 1 unspecified atom stereocenters. The quantitative estimate of drug-likeness (QED) is 0.455. The summed E-state index contributed by atoms with van der Waals surface area (Å²) in [6.45, 7) is 10.2. The Bertz CT molecular complexity index is 1210. The van der Waals surface area contributed by atoms with Crippen LogP contribution in [-0.2, 0) is 17.8 Å². The Morgan fingerprint density at radius 3 is 2.39 bits per heavy atom. The van der Waals surface area contributed by atoms with E-state index < -0.39 is 5.41 Å². The number of nitrogens with zero attached hydrogens (tertiary/aromatic N) is 5. The van der Waals surface area contributed by atoms with Crippen LogP contribution in [0.4, 0.5) is 0 Å². The van der Waals surface area contributed by atoms with Gasteiger partial charge in [0.15, 0.2) is 17.3 Å². The SMILES string of the molecule is COc1cccc(C(c2nnnn2CCc2ccccc2)N2CCC(C)(C(=O)NC(C)(C)C)CC2)c1OC. The first-order chi connectivity index (χ1) is 18.1. The number of carbonyl (C=O) groups excluding carboxylic acids is 1. The standard InChI is InChI=1S/C29H40N6O3/c1-28(2,3)30-27(36)29(4)16-19-34(20-17-29)24(22-13-10-14-23(37-5)25(22)38-6)26-31-32-33-35(26)18-15-21-11-8-7-9-12-21/h7-14,24H,15-20H2,1-6H3,(H,30,36). The van der Waals surface area contributed by atoms with Gasteiger partial charge in [-0.15, -0.1) is 5.10 Å². The van der Waals surface area contributed by atoms with Gasteiger partial charge in [-0.3, -0.25) is 9.69 Å². The Hall–Kier alpha value is -3.46. The van der Waals surface area contributed by atoms with E-state index in [9.17, 15) is 4.79 Å². The van der Waals surface area contributed by atoms with E-state index in [0.29, 0.717) is 31.1 Å². The largest absolute Gasteiger partial charge is 0.493 e. The third-order valence-electron chi connectivity index (χ3n) is 7.29. The summed E-state index contributed by atoms with van der Waals surface area (Å²) < 4.78 is 13.4. The van der Waals surface area contributed by atoms with Gasteiger partial charge in [-0.1, -0.05) is 49.4 Å². The number of hydrogen-bond acceptors (Lipinski definition) is 7. The zero-order chi connectivity index (χ0) is 27.3. The minimum atomic E-state index is -0.438. The molecule has 9 nitrogen and oxygen atoms in total. The Kier molecular flexibility index (Phi) is 8.35. The van der Waals surface area contributed by atoms with Crippen molar-refractivity contribution in [1.29, 1.82) is 0 Å². The van der Waals surface area contributed by atoms with Crippen LogP contribution in [0.1, 0.15) is 63.5 Å². The minimum Gasteiger partial charge on any atom is -0.493 e. The zero-order valence-electron chi connectivity index (χ0n) is 23.4. The predicted molar refractivity (Wildman–Crippen MR) is 146 cm³/mol. The van der Waals surface area contributed by atoms with E-state index in [1.807, 2.05) is 61.9 Å².